The van der Waals surface area contributed by atoms with Gasteiger partial charge in [-0.1, -0.05) is 322 Å². The molecule has 0 N–H and O–H groups in total. The number of unbranched alkanes of at least 4 members (excludes halogenated alkanes) is 48. The zero-order valence-corrected chi connectivity index (χ0v) is 49.0. The van der Waals surface area contributed by atoms with Crippen LogP contribution in [0.5, 0.6) is 0 Å². The van der Waals surface area contributed by atoms with Crippen molar-refractivity contribution in [1.29, 1.82) is 0 Å². The van der Waals surface area contributed by atoms with Gasteiger partial charge in [0.15, 0.2) is 6.10 Å². The number of hydrogen-bond donors (Lipinski definition) is 0. The highest BCUT2D eigenvalue weighted by Crippen LogP contribution is 2.19. The lowest BCUT2D eigenvalue weighted by atomic mass is 10.0. The molecule has 0 radical (unpaired) electrons. The van der Waals surface area contributed by atoms with Gasteiger partial charge in [0.25, 0.3) is 0 Å². The standard InChI is InChI=1S/C66H126O6/c1-4-7-10-13-16-18-20-22-23-24-25-26-27-28-29-30-31-32-33-34-35-36-37-38-39-40-41-42-43-44-46-47-50-53-56-59-65(68)71-62-63(61-70-64(67)58-55-52-49-15-12-9-6-3)72-66(69)60-57-54-51-48-45-21-19-17-14-11-8-5-2/h17,19,63H,4-16,18,20-62H2,1-3H3/b19-17-. The first-order valence-electron chi connectivity index (χ1n) is 32.7. The number of carbonyl (C=O) groups excluding carboxylic acids is 3. The van der Waals surface area contributed by atoms with Crippen molar-refractivity contribution in [2.75, 3.05) is 13.2 Å². The van der Waals surface area contributed by atoms with E-state index in [-0.39, 0.29) is 31.1 Å². The Morgan fingerprint density at radius 2 is 0.458 bits per heavy atom. The molecule has 0 aromatic heterocycles. The molecule has 0 amide bonds. The highest BCUT2D eigenvalue weighted by molar-refractivity contribution is 5.71. The molecule has 0 spiro atoms. The minimum Gasteiger partial charge on any atom is -0.462 e. The van der Waals surface area contributed by atoms with E-state index in [9.17, 15) is 14.4 Å². The molecule has 0 bridgehead atoms. The average Bonchev–Trinajstić information content (AvgIpc) is 3.38. The van der Waals surface area contributed by atoms with Crippen molar-refractivity contribution >= 4 is 17.9 Å². The van der Waals surface area contributed by atoms with Crippen LogP contribution in [0.25, 0.3) is 0 Å². The lowest BCUT2D eigenvalue weighted by Gasteiger charge is -2.18. The van der Waals surface area contributed by atoms with Gasteiger partial charge in [-0.25, -0.2) is 0 Å². The number of ether oxygens (including phenoxy) is 3. The molecule has 0 aliphatic carbocycles. The molecule has 0 saturated carbocycles. The monoisotopic (exact) mass is 1010 g/mol. The van der Waals surface area contributed by atoms with Gasteiger partial charge in [-0.3, -0.25) is 14.4 Å². The smallest absolute Gasteiger partial charge is 0.306 e. The van der Waals surface area contributed by atoms with Crippen LogP contribution in [0.3, 0.4) is 0 Å². The van der Waals surface area contributed by atoms with Crippen molar-refractivity contribution in [3.8, 4) is 0 Å². The van der Waals surface area contributed by atoms with Gasteiger partial charge in [-0.15, -0.1) is 0 Å². The summed E-state index contributed by atoms with van der Waals surface area (Å²) in [5.74, 6) is -0.864. The summed E-state index contributed by atoms with van der Waals surface area (Å²) in [6.07, 6.45) is 72.9. The van der Waals surface area contributed by atoms with Crippen LogP contribution >= 0.6 is 0 Å². The van der Waals surface area contributed by atoms with Crippen molar-refractivity contribution in [1.82, 2.24) is 0 Å². The maximum Gasteiger partial charge on any atom is 0.306 e. The third-order valence-electron chi connectivity index (χ3n) is 15.0. The quantitative estimate of drug-likeness (QED) is 0.0261. The number of esters is 3. The first kappa shape index (κ1) is 70.1. The minimum atomic E-state index is -0.767. The van der Waals surface area contributed by atoms with E-state index in [0.29, 0.717) is 19.3 Å². The molecule has 0 aliphatic rings. The van der Waals surface area contributed by atoms with Crippen LogP contribution in [0.4, 0.5) is 0 Å². The SMILES string of the molecule is CCCCC/C=C\CCCCCCCC(=O)OC(COC(=O)CCCCCCCCC)COC(=O)CCCCCCCCCCCCCCCCCCCCCCCCCCCCCCCCCCCCC. The molecular formula is C66H126O6. The summed E-state index contributed by atoms with van der Waals surface area (Å²) >= 11 is 0. The van der Waals surface area contributed by atoms with Gasteiger partial charge >= 0.3 is 17.9 Å². The molecule has 72 heavy (non-hydrogen) atoms. The fourth-order valence-electron chi connectivity index (χ4n) is 10.1. The van der Waals surface area contributed by atoms with E-state index in [2.05, 4.69) is 32.9 Å². The molecule has 0 saturated heterocycles. The largest absolute Gasteiger partial charge is 0.462 e. The lowest BCUT2D eigenvalue weighted by Crippen LogP contribution is -2.30. The Balaban J connectivity index is 3.83. The third kappa shape index (κ3) is 59.0. The molecular weight excluding hydrogens is 889 g/mol. The highest BCUT2D eigenvalue weighted by Gasteiger charge is 2.19. The Hall–Kier alpha value is -1.85. The van der Waals surface area contributed by atoms with E-state index in [1.54, 1.807) is 0 Å². The molecule has 0 aliphatic heterocycles. The highest BCUT2D eigenvalue weighted by atomic mass is 16.6. The van der Waals surface area contributed by atoms with Gasteiger partial charge in [-0.2, -0.15) is 0 Å². The molecule has 0 rings (SSSR count). The summed E-state index contributed by atoms with van der Waals surface area (Å²) < 4.78 is 16.8. The van der Waals surface area contributed by atoms with Gasteiger partial charge < -0.3 is 14.2 Å². The van der Waals surface area contributed by atoms with Gasteiger partial charge in [0.2, 0.25) is 0 Å². The Labute approximate surface area is 450 Å². The van der Waals surface area contributed by atoms with Crippen LogP contribution in [-0.2, 0) is 28.6 Å². The topological polar surface area (TPSA) is 78.9 Å². The molecule has 0 aromatic rings. The predicted molar refractivity (Wildman–Crippen MR) is 312 cm³/mol. The van der Waals surface area contributed by atoms with Crippen molar-refractivity contribution in [2.45, 2.75) is 380 Å². The minimum absolute atomic E-state index is 0.0685. The number of hydrogen-bond acceptors (Lipinski definition) is 6. The molecule has 0 fully saturated rings. The van der Waals surface area contributed by atoms with E-state index in [1.165, 1.54) is 270 Å². The van der Waals surface area contributed by atoms with Gasteiger partial charge in [-0.05, 0) is 44.9 Å². The fraction of sp³-hybridized carbons (Fsp3) is 0.924. The van der Waals surface area contributed by atoms with Crippen LogP contribution in [0, 0.1) is 0 Å². The summed E-state index contributed by atoms with van der Waals surface area (Å²) in [6.45, 7) is 6.62. The third-order valence-corrected chi connectivity index (χ3v) is 15.0. The van der Waals surface area contributed by atoms with Crippen LogP contribution in [0.2, 0.25) is 0 Å². The zero-order valence-electron chi connectivity index (χ0n) is 49.0. The van der Waals surface area contributed by atoms with E-state index in [0.717, 1.165) is 64.2 Å². The summed E-state index contributed by atoms with van der Waals surface area (Å²) in [7, 11) is 0. The van der Waals surface area contributed by atoms with E-state index in [1.807, 2.05) is 0 Å². The Kier molecular flexibility index (Phi) is 60.1. The fourth-order valence-corrected chi connectivity index (χ4v) is 10.1. The van der Waals surface area contributed by atoms with Crippen molar-refractivity contribution in [3.05, 3.63) is 12.2 Å². The van der Waals surface area contributed by atoms with Crippen molar-refractivity contribution < 1.29 is 28.6 Å². The molecule has 6 nitrogen and oxygen atoms in total. The van der Waals surface area contributed by atoms with Crippen LogP contribution < -0.4 is 0 Å². The lowest BCUT2D eigenvalue weighted by molar-refractivity contribution is -0.167. The number of rotatable bonds is 61. The second-order valence-corrected chi connectivity index (χ2v) is 22.4. The molecule has 0 aromatic carbocycles. The van der Waals surface area contributed by atoms with E-state index >= 15 is 0 Å². The maximum absolute atomic E-state index is 12.8. The van der Waals surface area contributed by atoms with Crippen molar-refractivity contribution in [3.63, 3.8) is 0 Å². The summed E-state index contributed by atoms with van der Waals surface area (Å²) in [4.78, 5) is 37.9. The molecule has 1 unspecified atom stereocenters. The molecule has 0 heterocycles. The van der Waals surface area contributed by atoms with Gasteiger partial charge in [0, 0.05) is 19.3 Å². The summed E-state index contributed by atoms with van der Waals surface area (Å²) in [5, 5.41) is 0. The van der Waals surface area contributed by atoms with Crippen molar-refractivity contribution in [2.24, 2.45) is 0 Å². The first-order chi connectivity index (χ1) is 35.5. The Bertz CT molecular complexity index is 1120. The van der Waals surface area contributed by atoms with E-state index in [4.69, 9.17) is 14.2 Å². The first-order valence-corrected chi connectivity index (χ1v) is 32.7. The maximum atomic E-state index is 12.8. The predicted octanol–water partition coefficient (Wildman–Crippen LogP) is 22.1. The van der Waals surface area contributed by atoms with Gasteiger partial charge in [0.05, 0.1) is 0 Å². The normalized spacial score (nSPS) is 12.0. The van der Waals surface area contributed by atoms with Crippen LogP contribution in [0.1, 0.15) is 374 Å². The molecule has 6 heteroatoms. The molecule has 1 atom stereocenters. The van der Waals surface area contributed by atoms with Crippen LogP contribution in [0.15, 0.2) is 12.2 Å². The Morgan fingerprint density at radius 3 is 0.722 bits per heavy atom. The second-order valence-electron chi connectivity index (χ2n) is 22.4. The Morgan fingerprint density at radius 1 is 0.264 bits per heavy atom. The number of carbonyl (C=O) groups is 3. The summed E-state index contributed by atoms with van der Waals surface area (Å²) in [6, 6.07) is 0. The number of allylic oxidation sites excluding steroid dienone is 2. The second kappa shape index (κ2) is 61.7. The molecule has 426 valence electrons. The zero-order chi connectivity index (χ0) is 52.2. The van der Waals surface area contributed by atoms with E-state index < -0.39 is 6.10 Å². The average molecular weight is 1020 g/mol. The van der Waals surface area contributed by atoms with Crippen LogP contribution in [-0.4, -0.2) is 37.2 Å². The summed E-state index contributed by atoms with van der Waals surface area (Å²) in [5.41, 5.74) is 0. The van der Waals surface area contributed by atoms with Gasteiger partial charge in [0.1, 0.15) is 13.2 Å².